The fourth-order valence-electron chi connectivity index (χ4n) is 2.07. The molecule has 1 aromatic heterocycles. The van der Waals surface area contributed by atoms with Gasteiger partial charge in [0.05, 0.1) is 11.9 Å². The van der Waals surface area contributed by atoms with Gasteiger partial charge in [0.1, 0.15) is 5.82 Å². The van der Waals surface area contributed by atoms with E-state index in [-0.39, 0.29) is 0 Å². The summed E-state index contributed by atoms with van der Waals surface area (Å²) in [6.45, 7) is 5.14. The predicted molar refractivity (Wildman–Crippen MR) is 81.8 cm³/mol. The van der Waals surface area contributed by atoms with Gasteiger partial charge in [0, 0.05) is 20.6 Å². The lowest BCUT2D eigenvalue weighted by Gasteiger charge is -2.14. The van der Waals surface area contributed by atoms with Crippen LogP contribution in [-0.4, -0.2) is 19.1 Å². The Bertz CT molecular complexity index is 524. The molecular formula is C16H21N3. The molecule has 1 aromatic carbocycles. The minimum absolute atomic E-state index is 0.835. The number of hydrogen-bond acceptors (Lipinski definition) is 3. The van der Waals surface area contributed by atoms with Crippen molar-refractivity contribution in [3.8, 4) is 0 Å². The van der Waals surface area contributed by atoms with E-state index in [2.05, 4.69) is 48.4 Å². The number of nitrogens with one attached hydrogen (secondary N) is 1. The van der Waals surface area contributed by atoms with Crippen LogP contribution in [0.3, 0.4) is 0 Å². The Morgan fingerprint density at radius 3 is 2.26 bits per heavy atom. The van der Waals surface area contributed by atoms with E-state index in [9.17, 15) is 0 Å². The Kier molecular flexibility index (Phi) is 4.05. The van der Waals surface area contributed by atoms with Crippen LogP contribution in [0.15, 0.2) is 36.5 Å². The number of rotatable bonds is 4. The van der Waals surface area contributed by atoms with Gasteiger partial charge in [-0.15, -0.1) is 0 Å². The molecule has 0 aliphatic rings. The Balaban J connectivity index is 2.06. The zero-order chi connectivity index (χ0) is 13.8. The maximum absolute atomic E-state index is 4.40. The van der Waals surface area contributed by atoms with Crippen molar-refractivity contribution in [2.75, 3.05) is 24.3 Å². The summed E-state index contributed by atoms with van der Waals surface area (Å²) in [5.74, 6) is 0.970. The SMILES string of the molecule is Cc1cccc(C)c1CNc1ccc(N(C)C)nc1. The van der Waals surface area contributed by atoms with Gasteiger partial charge < -0.3 is 10.2 Å². The van der Waals surface area contributed by atoms with E-state index >= 15 is 0 Å². The molecule has 0 saturated carbocycles. The summed E-state index contributed by atoms with van der Waals surface area (Å²) >= 11 is 0. The number of nitrogens with zero attached hydrogens (tertiary/aromatic N) is 2. The van der Waals surface area contributed by atoms with Crippen LogP contribution in [0.5, 0.6) is 0 Å². The summed E-state index contributed by atoms with van der Waals surface area (Å²) in [6.07, 6.45) is 1.88. The fourth-order valence-corrected chi connectivity index (χ4v) is 2.07. The molecule has 2 aromatic rings. The molecule has 0 radical (unpaired) electrons. The quantitative estimate of drug-likeness (QED) is 0.907. The number of pyridine rings is 1. The van der Waals surface area contributed by atoms with Gasteiger partial charge in [-0.25, -0.2) is 4.98 Å². The van der Waals surface area contributed by atoms with Gasteiger partial charge in [0.15, 0.2) is 0 Å². The molecule has 0 unspecified atom stereocenters. The Hall–Kier alpha value is -2.03. The lowest BCUT2D eigenvalue weighted by molar-refractivity contribution is 1.05. The number of benzene rings is 1. The maximum Gasteiger partial charge on any atom is 0.128 e. The first kappa shape index (κ1) is 13.4. The minimum Gasteiger partial charge on any atom is -0.380 e. The molecule has 0 amide bonds. The molecule has 0 bridgehead atoms. The second-order valence-electron chi connectivity index (χ2n) is 5.02. The van der Waals surface area contributed by atoms with Crippen molar-refractivity contribution in [2.24, 2.45) is 0 Å². The first-order valence-electron chi connectivity index (χ1n) is 6.50. The normalized spacial score (nSPS) is 10.3. The Morgan fingerprint density at radius 1 is 1.05 bits per heavy atom. The summed E-state index contributed by atoms with van der Waals surface area (Å²) in [7, 11) is 3.98. The van der Waals surface area contributed by atoms with E-state index in [0.717, 1.165) is 18.1 Å². The van der Waals surface area contributed by atoms with Crippen molar-refractivity contribution >= 4 is 11.5 Å². The van der Waals surface area contributed by atoms with Crippen LogP contribution >= 0.6 is 0 Å². The molecule has 1 N–H and O–H groups in total. The average molecular weight is 255 g/mol. The van der Waals surface area contributed by atoms with Crippen LogP contribution in [0.1, 0.15) is 16.7 Å². The molecule has 1 heterocycles. The van der Waals surface area contributed by atoms with E-state index < -0.39 is 0 Å². The number of hydrogen-bond donors (Lipinski definition) is 1. The molecule has 100 valence electrons. The van der Waals surface area contributed by atoms with E-state index in [1.165, 1.54) is 16.7 Å². The van der Waals surface area contributed by atoms with E-state index in [4.69, 9.17) is 0 Å². The van der Waals surface area contributed by atoms with Crippen LogP contribution in [0.25, 0.3) is 0 Å². The van der Waals surface area contributed by atoms with Crippen molar-refractivity contribution in [3.05, 3.63) is 53.2 Å². The van der Waals surface area contributed by atoms with E-state index in [0.29, 0.717) is 0 Å². The average Bonchev–Trinajstić information content (AvgIpc) is 2.38. The maximum atomic E-state index is 4.40. The van der Waals surface area contributed by atoms with Crippen molar-refractivity contribution < 1.29 is 0 Å². The van der Waals surface area contributed by atoms with Gasteiger partial charge in [-0.2, -0.15) is 0 Å². The third-order valence-electron chi connectivity index (χ3n) is 3.32. The monoisotopic (exact) mass is 255 g/mol. The summed E-state index contributed by atoms with van der Waals surface area (Å²) in [5, 5.41) is 3.43. The van der Waals surface area contributed by atoms with Gasteiger partial charge in [-0.1, -0.05) is 18.2 Å². The lowest BCUT2D eigenvalue weighted by Crippen LogP contribution is -2.10. The third-order valence-corrected chi connectivity index (χ3v) is 3.32. The number of anilines is 2. The van der Waals surface area contributed by atoms with E-state index in [1.54, 1.807) is 0 Å². The largest absolute Gasteiger partial charge is 0.380 e. The second-order valence-corrected chi connectivity index (χ2v) is 5.02. The highest BCUT2D eigenvalue weighted by Crippen LogP contribution is 2.17. The zero-order valence-electron chi connectivity index (χ0n) is 12.1. The topological polar surface area (TPSA) is 28.2 Å². The summed E-state index contributed by atoms with van der Waals surface area (Å²) in [4.78, 5) is 6.39. The van der Waals surface area contributed by atoms with Crippen LogP contribution in [0, 0.1) is 13.8 Å². The molecule has 0 aliphatic heterocycles. The molecule has 19 heavy (non-hydrogen) atoms. The lowest BCUT2D eigenvalue weighted by atomic mass is 10.0. The van der Waals surface area contributed by atoms with Gasteiger partial charge >= 0.3 is 0 Å². The molecule has 0 aliphatic carbocycles. The molecule has 2 rings (SSSR count). The standard InChI is InChI=1S/C16H21N3/c1-12-6-5-7-13(2)15(12)11-17-14-8-9-16(18-10-14)19(3)4/h5-10,17H,11H2,1-4H3. The fraction of sp³-hybridized carbons (Fsp3) is 0.312. The van der Waals surface area contributed by atoms with Gasteiger partial charge in [-0.05, 0) is 42.7 Å². The molecule has 3 nitrogen and oxygen atoms in total. The molecule has 0 fully saturated rings. The minimum atomic E-state index is 0.835. The first-order valence-corrected chi connectivity index (χ1v) is 6.50. The smallest absolute Gasteiger partial charge is 0.128 e. The Labute approximate surface area is 115 Å². The van der Waals surface area contributed by atoms with Crippen molar-refractivity contribution in [1.82, 2.24) is 4.98 Å². The zero-order valence-corrected chi connectivity index (χ0v) is 12.1. The highest BCUT2D eigenvalue weighted by molar-refractivity contribution is 5.49. The Morgan fingerprint density at radius 2 is 1.74 bits per heavy atom. The highest BCUT2D eigenvalue weighted by Gasteiger charge is 2.02. The van der Waals surface area contributed by atoms with Gasteiger partial charge in [0.25, 0.3) is 0 Å². The second kappa shape index (κ2) is 5.74. The predicted octanol–water partition coefficient (Wildman–Crippen LogP) is 3.38. The number of aryl methyl sites for hydroxylation is 2. The van der Waals surface area contributed by atoms with Crippen LogP contribution < -0.4 is 10.2 Å². The van der Waals surface area contributed by atoms with E-state index in [1.807, 2.05) is 31.3 Å². The van der Waals surface area contributed by atoms with Crippen molar-refractivity contribution in [2.45, 2.75) is 20.4 Å². The first-order chi connectivity index (χ1) is 9.08. The third kappa shape index (κ3) is 3.25. The summed E-state index contributed by atoms with van der Waals surface area (Å²) in [6, 6.07) is 10.5. The summed E-state index contributed by atoms with van der Waals surface area (Å²) < 4.78 is 0. The molecule has 0 saturated heterocycles. The van der Waals surface area contributed by atoms with Crippen LogP contribution in [0.4, 0.5) is 11.5 Å². The highest BCUT2D eigenvalue weighted by atomic mass is 15.1. The van der Waals surface area contributed by atoms with Gasteiger partial charge in [0.2, 0.25) is 0 Å². The molecule has 3 heteroatoms. The van der Waals surface area contributed by atoms with Crippen molar-refractivity contribution in [1.29, 1.82) is 0 Å². The van der Waals surface area contributed by atoms with Crippen LogP contribution in [0.2, 0.25) is 0 Å². The van der Waals surface area contributed by atoms with Gasteiger partial charge in [-0.3, -0.25) is 0 Å². The molecular weight excluding hydrogens is 234 g/mol. The molecule has 0 spiro atoms. The van der Waals surface area contributed by atoms with Crippen LogP contribution in [-0.2, 0) is 6.54 Å². The number of aromatic nitrogens is 1. The molecule has 0 atom stereocenters. The van der Waals surface area contributed by atoms with Crippen molar-refractivity contribution in [3.63, 3.8) is 0 Å². The summed E-state index contributed by atoms with van der Waals surface area (Å²) in [5.41, 5.74) is 5.06.